The van der Waals surface area contributed by atoms with Crippen LogP contribution in [0, 0.1) is 0 Å². The maximum Gasteiger partial charge on any atom is 0.328 e. The SMILES string of the molecule is CCOc1ccc(S(=O)(=O)Nc2ccc3c(c2)n(C)c(=O)n3C)cc1OCC. The molecule has 1 heterocycles. The molecule has 0 aliphatic rings. The van der Waals surface area contributed by atoms with Gasteiger partial charge in [-0.2, -0.15) is 0 Å². The van der Waals surface area contributed by atoms with E-state index in [0.717, 1.165) is 5.52 Å². The Bertz CT molecular complexity index is 1180. The van der Waals surface area contributed by atoms with Crippen LogP contribution in [-0.2, 0) is 24.1 Å². The van der Waals surface area contributed by atoms with Crippen molar-refractivity contribution in [2.75, 3.05) is 17.9 Å². The monoisotopic (exact) mass is 405 g/mol. The molecular formula is C19H23N3O5S. The lowest BCUT2D eigenvalue weighted by molar-refractivity contribution is 0.287. The largest absolute Gasteiger partial charge is 0.490 e. The first-order chi connectivity index (χ1) is 13.3. The van der Waals surface area contributed by atoms with Gasteiger partial charge in [-0.15, -0.1) is 0 Å². The molecule has 150 valence electrons. The predicted octanol–water partition coefficient (Wildman–Crippen LogP) is 2.48. The van der Waals surface area contributed by atoms with Crippen LogP contribution in [0.5, 0.6) is 11.5 Å². The quantitative estimate of drug-likeness (QED) is 0.652. The van der Waals surface area contributed by atoms with E-state index >= 15 is 0 Å². The molecule has 0 aliphatic carbocycles. The van der Waals surface area contributed by atoms with E-state index in [2.05, 4.69) is 4.72 Å². The lowest BCUT2D eigenvalue weighted by atomic mass is 10.3. The number of benzene rings is 2. The maximum absolute atomic E-state index is 12.8. The average Bonchev–Trinajstić information content (AvgIpc) is 2.87. The third-order valence-corrected chi connectivity index (χ3v) is 5.73. The molecule has 0 bridgehead atoms. The standard InChI is InChI=1S/C19H23N3O5S/c1-5-26-17-10-8-14(12-18(17)27-6-2)28(24,25)20-13-7-9-15-16(11-13)22(4)19(23)21(15)3/h7-12,20H,5-6H2,1-4H3. The highest BCUT2D eigenvalue weighted by atomic mass is 32.2. The third kappa shape index (κ3) is 3.57. The summed E-state index contributed by atoms with van der Waals surface area (Å²) in [4.78, 5) is 12.1. The van der Waals surface area contributed by atoms with E-state index in [1.165, 1.54) is 21.3 Å². The van der Waals surface area contributed by atoms with Gasteiger partial charge in [-0.1, -0.05) is 0 Å². The molecule has 0 spiro atoms. The average molecular weight is 405 g/mol. The number of hydrogen-bond donors (Lipinski definition) is 1. The molecule has 9 heteroatoms. The molecule has 2 aromatic carbocycles. The van der Waals surface area contributed by atoms with Crippen LogP contribution in [-0.4, -0.2) is 30.8 Å². The van der Waals surface area contributed by atoms with Crippen molar-refractivity contribution in [1.29, 1.82) is 0 Å². The second-order valence-electron chi connectivity index (χ2n) is 6.18. The number of aryl methyl sites for hydroxylation is 2. The van der Waals surface area contributed by atoms with E-state index < -0.39 is 10.0 Å². The van der Waals surface area contributed by atoms with E-state index in [-0.39, 0.29) is 10.6 Å². The van der Waals surface area contributed by atoms with Gasteiger partial charge in [0, 0.05) is 20.2 Å². The zero-order valence-corrected chi connectivity index (χ0v) is 17.0. The number of ether oxygens (including phenoxy) is 2. The van der Waals surface area contributed by atoms with E-state index in [0.29, 0.717) is 35.9 Å². The lowest BCUT2D eigenvalue weighted by Gasteiger charge is -2.13. The van der Waals surface area contributed by atoms with Crippen LogP contribution in [0.15, 0.2) is 46.1 Å². The Morgan fingerprint density at radius 2 is 1.54 bits per heavy atom. The van der Waals surface area contributed by atoms with E-state index in [9.17, 15) is 13.2 Å². The Labute approximate surface area is 163 Å². The molecule has 28 heavy (non-hydrogen) atoms. The molecule has 0 amide bonds. The molecule has 3 rings (SSSR count). The Kier molecular flexibility index (Phi) is 5.37. The van der Waals surface area contributed by atoms with Crippen molar-refractivity contribution in [2.24, 2.45) is 14.1 Å². The summed E-state index contributed by atoms with van der Waals surface area (Å²) in [5.41, 5.74) is 1.54. The van der Waals surface area contributed by atoms with Gasteiger partial charge in [0.05, 0.1) is 34.8 Å². The van der Waals surface area contributed by atoms with Gasteiger partial charge in [-0.05, 0) is 44.2 Å². The molecule has 0 atom stereocenters. The predicted molar refractivity (Wildman–Crippen MR) is 108 cm³/mol. The number of sulfonamides is 1. The molecule has 0 aliphatic heterocycles. The molecule has 0 unspecified atom stereocenters. The summed E-state index contributed by atoms with van der Waals surface area (Å²) in [7, 11) is -0.537. The normalized spacial score (nSPS) is 11.6. The maximum atomic E-state index is 12.8. The molecule has 3 aromatic rings. The van der Waals surface area contributed by atoms with Crippen molar-refractivity contribution in [2.45, 2.75) is 18.7 Å². The van der Waals surface area contributed by atoms with E-state index in [1.54, 1.807) is 38.4 Å². The summed E-state index contributed by atoms with van der Waals surface area (Å²) in [5.74, 6) is 0.858. The molecule has 0 saturated carbocycles. The third-order valence-electron chi connectivity index (χ3n) is 4.35. The van der Waals surface area contributed by atoms with Crippen molar-refractivity contribution >= 4 is 26.7 Å². The van der Waals surface area contributed by atoms with E-state index in [1.807, 2.05) is 13.8 Å². The Morgan fingerprint density at radius 3 is 2.21 bits per heavy atom. The van der Waals surface area contributed by atoms with Gasteiger partial charge >= 0.3 is 5.69 Å². The second kappa shape index (κ2) is 7.59. The summed E-state index contributed by atoms with van der Waals surface area (Å²) in [6, 6.07) is 9.44. The van der Waals surface area contributed by atoms with Crippen LogP contribution >= 0.6 is 0 Å². The van der Waals surface area contributed by atoms with Gasteiger partial charge in [0.1, 0.15) is 0 Å². The lowest BCUT2D eigenvalue weighted by Crippen LogP contribution is -2.19. The molecule has 1 aromatic heterocycles. The van der Waals surface area contributed by atoms with Crippen LogP contribution < -0.4 is 19.9 Å². The summed E-state index contributed by atoms with van der Waals surface area (Å²) < 4.78 is 42.2. The summed E-state index contributed by atoms with van der Waals surface area (Å²) in [6.07, 6.45) is 0. The minimum absolute atomic E-state index is 0.0569. The van der Waals surface area contributed by atoms with Crippen LogP contribution in [0.4, 0.5) is 5.69 Å². The Morgan fingerprint density at radius 1 is 0.893 bits per heavy atom. The molecule has 1 N–H and O–H groups in total. The highest BCUT2D eigenvalue weighted by molar-refractivity contribution is 7.92. The fourth-order valence-electron chi connectivity index (χ4n) is 2.98. The zero-order valence-electron chi connectivity index (χ0n) is 16.2. The number of hydrogen-bond acceptors (Lipinski definition) is 5. The van der Waals surface area contributed by atoms with Crippen LogP contribution in [0.3, 0.4) is 0 Å². The fraction of sp³-hybridized carbons (Fsp3) is 0.316. The first-order valence-corrected chi connectivity index (χ1v) is 10.3. The van der Waals surface area contributed by atoms with Crippen LogP contribution in [0.25, 0.3) is 11.0 Å². The topological polar surface area (TPSA) is 91.6 Å². The first-order valence-electron chi connectivity index (χ1n) is 8.86. The highest BCUT2D eigenvalue weighted by Crippen LogP contribution is 2.31. The molecular weight excluding hydrogens is 382 g/mol. The summed E-state index contributed by atoms with van der Waals surface area (Å²) >= 11 is 0. The number of nitrogens with one attached hydrogen (secondary N) is 1. The van der Waals surface area contributed by atoms with Crippen LogP contribution in [0.2, 0.25) is 0 Å². The van der Waals surface area contributed by atoms with Crippen molar-refractivity contribution < 1.29 is 17.9 Å². The first kappa shape index (κ1) is 19.8. The smallest absolute Gasteiger partial charge is 0.328 e. The minimum atomic E-state index is -3.85. The van der Waals surface area contributed by atoms with Gasteiger partial charge in [0.2, 0.25) is 0 Å². The summed E-state index contributed by atoms with van der Waals surface area (Å²) in [6.45, 7) is 4.49. The minimum Gasteiger partial charge on any atom is -0.490 e. The summed E-state index contributed by atoms with van der Waals surface area (Å²) in [5, 5.41) is 0. The van der Waals surface area contributed by atoms with E-state index in [4.69, 9.17) is 9.47 Å². The number of rotatable bonds is 7. The number of imidazole rings is 1. The number of aromatic nitrogens is 2. The van der Waals surface area contributed by atoms with Gasteiger partial charge in [0.25, 0.3) is 10.0 Å². The Balaban J connectivity index is 1.97. The van der Waals surface area contributed by atoms with Crippen molar-refractivity contribution in [3.05, 3.63) is 46.9 Å². The zero-order chi connectivity index (χ0) is 20.5. The molecule has 0 radical (unpaired) electrons. The van der Waals surface area contributed by atoms with Gasteiger partial charge in [-0.25, -0.2) is 13.2 Å². The van der Waals surface area contributed by atoms with Gasteiger partial charge in [-0.3, -0.25) is 13.9 Å². The van der Waals surface area contributed by atoms with Crippen molar-refractivity contribution in [3.63, 3.8) is 0 Å². The highest BCUT2D eigenvalue weighted by Gasteiger charge is 2.18. The molecule has 0 fully saturated rings. The van der Waals surface area contributed by atoms with Crippen molar-refractivity contribution in [1.82, 2.24) is 9.13 Å². The van der Waals surface area contributed by atoms with Gasteiger partial charge in [0.15, 0.2) is 11.5 Å². The number of fused-ring (bicyclic) bond motifs is 1. The van der Waals surface area contributed by atoms with Gasteiger partial charge < -0.3 is 9.47 Å². The number of nitrogens with zero attached hydrogens (tertiary/aromatic N) is 2. The number of anilines is 1. The fourth-order valence-corrected chi connectivity index (χ4v) is 4.05. The second-order valence-corrected chi connectivity index (χ2v) is 7.87. The van der Waals surface area contributed by atoms with Crippen LogP contribution in [0.1, 0.15) is 13.8 Å². The molecule has 0 saturated heterocycles. The van der Waals surface area contributed by atoms with Crippen molar-refractivity contribution in [3.8, 4) is 11.5 Å². The molecule has 8 nitrogen and oxygen atoms in total. The Hall–Kier alpha value is -2.94.